The average Bonchev–Trinajstić information content (AvgIpc) is 2.65. The molecule has 2 atom stereocenters. The Hall–Kier alpha value is -2.29. The zero-order valence-electron chi connectivity index (χ0n) is 14.1. The molecular formula is C17H22N2O4. The van der Waals surface area contributed by atoms with Crippen molar-refractivity contribution in [1.29, 1.82) is 0 Å². The van der Waals surface area contributed by atoms with E-state index in [0.717, 1.165) is 10.5 Å². The van der Waals surface area contributed by atoms with Gasteiger partial charge in [0.25, 0.3) is 5.91 Å². The Morgan fingerprint density at radius 1 is 1.35 bits per heavy atom. The molecule has 2 rings (SSSR count). The smallest absolute Gasteiger partial charge is 0.328 e. The first-order valence-corrected chi connectivity index (χ1v) is 7.44. The van der Waals surface area contributed by atoms with Crippen LogP contribution in [0.4, 0.5) is 4.79 Å². The van der Waals surface area contributed by atoms with Gasteiger partial charge < -0.3 is 10.0 Å². The first kappa shape index (κ1) is 17.1. The van der Waals surface area contributed by atoms with Gasteiger partial charge in [-0.3, -0.25) is 14.5 Å². The number of hydrogen-bond acceptors (Lipinski definition) is 3. The lowest BCUT2D eigenvalue weighted by Crippen LogP contribution is -2.48. The van der Waals surface area contributed by atoms with Gasteiger partial charge in [-0.1, -0.05) is 31.4 Å². The van der Waals surface area contributed by atoms with E-state index in [1.807, 2.05) is 13.8 Å². The van der Waals surface area contributed by atoms with Crippen LogP contribution in [0.1, 0.15) is 34.6 Å². The predicted octanol–water partition coefficient (Wildman–Crippen LogP) is 1.72. The normalized spacial score (nSPS) is 31.8. The fourth-order valence-electron chi connectivity index (χ4n) is 3.98. The van der Waals surface area contributed by atoms with Crippen molar-refractivity contribution in [3.63, 3.8) is 0 Å². The molecule has 0 aromatic carbocycles. The molecule has 2 aliphatic rings. The summed E-state index contributed by atoms with van der Waals surface area (Å²) in [6.07, 6.45) is 6.97. The topological polar surface area (TPSA) is 77.9 Å². The van der Waals surface area contributed by atoms with Gasteiger partial charge >= 0.3 is 12.0 Å². The van der Waals surface area contributed by atoms with Gasteiger partial charge in [0.15, 0.2) is 0 Å². The Bertz CT molecular complexity index is 669. The molecule has 3 amide bonds. The molecule has 1 heterocycles. The van der Waals surface area contributed by atoms with E-state index < -0.39 is 34.3 Å². The monoisotopic (exact) mass is 318 g/mol. The molecule has 0 aromatic rings. The molecule has 0 spiro atoms. The van der Waals surface area contributed by atoms with Crippen LogP contribution in [-0.2, 0) is 9.59 Å². The maximum absolute atomic E-state index is 12.7. The summed E-state index contributed by atoms with van der Waals surface area (Å²) in [5.41, 5.74) is -2.39. The third-order valence-corrected chi connectivity index (χ3v) is 5.50. The molecule has 0 bridgehead atoms. The quantitative estimate of drug-likeness (QED) is 0.486. The number of hydrogen-bond donors (Lipinski definition) is 1. The first-order chi connectivity index (χ1) is 10.5. The van der Waals surface area contributed by atoms with E-state index in [0.29, 0.717) is 0 Å². The molecule has 6 heteroatoms. The highest BCUT2D eigenvalue weighted by Crippen LogP contribution is 2.75. The van der Waals surface area contributed by atoms with E-state index in [2.05, 4.69) is 5.92 Å². The number of allylic oxidation sites excluding steroid dienone is 1. The minimum atomic E-state index is -1.26. The summed E-state index contributed by atoms with van der Waals surface area (Å²) in [5, 5.41) is 9.77. The molecule has 6 nitrogen and oxygen atoms in total. The number of terminal acetylenes is 1. The van der Waals surface area contributed by atoms with Crippen LogP contribution < -0.4 is 0 Å². The highest BCUT2D eigenvalue weighted by atomic mass is 16.4. The Morgan fingerprint density at radius 2 is 1.91 bits per heavy atom. The zero-order valence-corrected chi connectivity index (χ0v) is 14.1. The second-order valence-electron chi connectivity index (χ2n) is 7.12. The van der Waals surface area contributed by atoms with Crippen LogP contribution in [0.5, 0.6) is 0 Å². The first-order valence-electron chi connectivity index (χ1n) is 7.44. The minimum absolute atomic E-state index is 0.0240. The number of carbonyl (C=O) groups is 3. The van der Waals surface area contributed by atoms with Crippen LogP contribution >= 0.6 is 0 Å². The van der Waals surface area contributed by atoms with Crippen LogP contribution in [0.25, 0.3) is 0 Å². The van der Waals surface area contributed by atoms with Crippen molar-refractivity contribution in [2.24, 2.45) is 10.8 Å². The van der Waals surface area contributed by atoms with Gasteiger partial charge in [-0.15, -0.1) is 6.42 Å². The lowest BCUT2D eigenvalue weighted by molar-refractivity contribution is -0.145. The van der Waals surface area contributed by atoms with Gasteiger partial charge in [-0.2, -0.15) is 0 Å². The minimum Gasteiger partial charge on any atom is -0.481 e. The number of aliphatic carboxylic acids is 1. The Kier molecular flexibility index (Phi) is 3.60. The van der Waals surface area contributed by atoms with Crippen LogP contribution in [0.15, 0.2) is 11.6 Å². The van der Waals surface area contributed by atoms with Gasteiger partial charge in [-0.05, 0) is 20.8 Å². The van der Waals surface area contributed by atoms with Gasteiger partial charge in [0, 0.05) is 5.41 Å². The standard InChI is InChI=1S/C17H22N2O4/c1-7-8-18-10-12(20)19(14(18)23)17(9-11(2)3)15(4,5)16(17,6)13(21)22/h1,9H,8,10H2,2-6H3,(H,21,22)/t16-,17+/m1/s1. The van der Waals surface area contributed by atoms with E-state index in [1.54, 1.807) is 26.8 Å². The lowest BCUT2D eigenvalue weighted by Gasteiger charge is -2.28. The number of carbonyl (C=O) groups excluding carboxylic acids is 2. The summed E-state index contributed by atoms with van der Waals surface area (Å²) in [4.78, 5) is 39.5. The highest BCUT2D eigenvalue weighted by Gasteiger charge is 2.87. The molecule has 0 unspecified atom stereocenters. The second kappa shape index (κ2) is 4.85. The van der Waals surface area contributed by atoms with Crippen molar-refractivity contribution in [3.8, 4) is 12.3 Å². The van der Waals surface area contributed by atoms with Crippen molar-refractivity contribution in [2.75, 3.05) is 13.1 Å². The fourth-order valence-corrected chi connectivity index (χ4v) is 3.98. The van der Waals surface area contributed by atoms with Crippen LogP contribution in [0.2, 0.25) is 0 Å². The summed E-state index contributed by atoms with van der Waals surface area (Å²) < 4.78 is 0. The van der Waals surface area contributed by atoms with E-state index in [-0.39, 0.29) is 13.1 Å². The van der Waals surface area contributed by atoms with Crippen molar-refractivity contribution in [3.05, 3.63) is 11.6 Å². The number of amides is 3. The number of rotatable bonds is 4. The molecule has 124 valence electrons. The van der Waals surface area contributed by atoms with Crippen molar-refractivity contribution in [1.82, 2.24) is 9.80 Å². The lowest BCUT2D eigenvalue weighted by atomic mass is 9.98. The third-order valence-electron chi connectivity index (χ3n) is 5.50. The Balaban J connectivity index is 2.63. The molecular weight excluding hydrogens is 296 g/mol. The average molecular weight is 318 g/mol. The molecule has 2 fully saturated rings. The maximum atomic E-state index is 12.7. The van der Waals surface area contributed by atoms with E-state index in [4.69, 9.17) is 6.42 Å². The van der Waals surface area contributed by atoms with Crippen LogP contribution in [0.3, 0.4) is 0 Å². The second-order valence-corrected chi connectivity index (χ2v) is 7.12. The van der Waals surface area contributed by atoms with E-state index in [9.17, 15) is 19.5 Å². The highest BCUT2D eigenvalue weighted by molar-refractivity contribution is 6.06. The molecule has 23 heavy (non-hydrogen) atoms. The largest absolute Gasteiger partial charge is 0.481 e. The molecule has 0 radical (unpaired) electrons. The summed E-state index contributed by atoms with van der Waals surface area (Å²) in [5.74, 6) is 0.905. The molecule has 1 aliphatic heterocycles. The van der Waals surface area contributed by atoms with Crippen LogP contribution in [0, 0.1) is 23.2 Å². The zero-order chi connectivity index (χ0) is 17.8. The van der Waals surface area contributed by atoms with E-state index >= 15 is 0 Å². The fraction of sp³-hybridized carbons (Fsp3) is 0.588. The number of urea groups is 1. The maximum Gasteiger partial charge on any atom is 0.328 e. The molecule has 1 saturated carbocycles. The molecule has 0 aromatic heterocycles. The third kappa shape index (κ3) is 1.79. The SMILES string of the molecule is C#CCN1CC(=O)N([C@@]2(C=C(C)C)C(C)(C)[C@@]2(C)C(=O)O)C1=O. The van der Waals surface area contributed by atoms with Gasteiger partial charge in [-0.25, -0.2) is 4.79 Å². The molecule has 1 saturated heterocycles. The van der Waals surface area contributed by atoms with Crippen molar-refractivity contribution < 1.29 is 19.5 Å². The summed E-state index contributed by atoms with van der Waals surface area (Å²) in [6.45, 7) is 8.67. The van der Waals surface area contributed by atoms with Crippen LogP contribution in [-0.4, -0.2) is 51.4 Å². The molecule has 1 N–H and O–H groups in total. The Labute approximate surface area is 136 Å². The number of imide groups is 1. The van der Waals surface area contributed by atoms with Gasteiger partial charge in [0.2, 0.25) is 0 Å². The number of carboxylic acids is 1. The van der Waals surface area contributed by atoms with Gasteiger partial charge in [0.1, 0.15) is 12.0 Å². The molecule has 1 aliphatic carbocycles. The summed E-state index contributed by atoms with van der Waals surface area (Å²) >= 11 is 0. The summed E-state index contributed by atoms with van der Waals surface area (Å²) in [6, 6.07) is -0.525. The Morgan fingerprint density at radius 3 is 2.30 bits per heavy atom. The van der Waals surface area contributed by atoms with E-state index in [1.165, 1.54) is 4.90 Å². The number of carboxylic acid groups (broad SMARTS) is 1. The van der Waals surface area contributed by atoms with Crippen molar-refractivity contribution >= 4 is 17.9 Å². The van der Waals surface area contributed by atoms with Crippen molar-refractivity contribution in [2.45, 2.75) is 40.2 Å². The number of nitrogens with zero attached hydrogens (tertiary/aromatic N) is 2. The predicted molar refractivity (Wildman–Crippen MR) is 84.3 cm³/mol. The summed E-state index contributed by atoms with van der Waals surface area (Å²) in [7, 11) is 0. The van der Waals surface area contributed by atoms with Gasteiger partial charge in [0.05, 0.1) is 12.1 Å².